The molecule has 1 heterocycles. The molecule has 0 aliphatic carbocycles. The summed E-state index contributed by atoms with van der Waals surface area (Å²) in [6.45, 7) is 1.86. The van der Waals surface area contributed by atoms with Crippen LogP contribution in [0.25, 0.3) is 0 Å². The maximum absolute atomic E-state index is 14.0. The van der Waals surface area contributed by atoms with Crippen molar-refractivity contribution in [3.63, 3.8) is 0 Å². The molecule has 21 heavy (non-hydrogen) atoms. The molecule has 8 heteroatoms. The number of carboxylic acids is 1. The van der Waals surface area contributed by atoms with Crippen LogP contribution in [0.5, 0.6) is 0 Å². The Morgan fingerprint density at radius 1 is 1.43 bits per heavy atom. The maximum atomic E-state index is 14.0. The van der Waals surface area contributed by atoms with Crippen molar-refractivity contribution in [2.45, 2.75) is 25.8 Å². The van der Waals surface area contributed by atoms with Crippen LogP contribution in [0, 0.1) is 27.7 Å². The molecule has 1 saturated heterocycles. The van der Waals surface area contributed by atoms with Gasteiger partial charge in [0.25, 0.3) is 5.69 Å². The molecule has 114 valence electrons. The molecule has 0 spiro atoms. The van der Waals surface area contributed by atoms with E-state index in [0.29, 0.717) is 12.1 Å². The number of carboxylic acid groups (broad SMARTS) is 1. The monoisotopic (exact) mass is 300 g/mol. The number of nitrogens with zero attached hydrogens (tertiary/aromatic N) is 2. The van der Waals surface area contributed by atoms with Gasteiger partial charge in [0.2, 0.25) is 0 Å². The molecule has 1 fully saturated rings. The average molecular weight is 300 g/mol. The fourth-order valence-corrected chi connectivity index (χ4v) is 2.66. The van der Waals surface area contributed by atoms with Gasteiger partial charge in [0, 0.05) is 12.6 Å². The van der Waals surface area contributed by atoms with Crippen LogP contribution in [0.3, 0.4) is 0 Å². The normalized spacial score (nSPS) is 22.1. The standard InChI is InChI=1S/C13H14F2N2O4/c1-7-4-8(13(18)19)2-3-16(7)12-10(14)5-9(17(20)21)6-11(12)15/h5-8H,2-4H2,1H3,(H,18,19). The van der Waals surface area contributed by atoms with Gasteiger partial charge in [0.15, 0.2) is 11.6 Å². The first-order chi connectivity index (χ1) is 9.81. The molecular formula is C13H14F2N2O4. The van der Waals surface area contributed by atoms with E-state index in [1.165, 1.54) is 4.90 Å². The second-order valence-electron chi connectivity index (χ2n) is 5.12. The van der Waals surface area contributed by atoms with Crippen LogP contribution in [0.15, 0.2) is 12.1 Å². The number of nitro groups is 1. The summed E-state index contributed by atoms with van der Waals surface area (Å²) in [5.74, 6) is -3.49. The predicted molar refractivity (Wildman–Crippen MR) is 70.2 cm³/mol. The quantitative estimate of drug-likeness (QED) is 0.685. The van der Waals surface area contributed by atoms with Gasteiger partial charge in [-0.25, -0.2) is 8.78 Å². The molecule has 1 aromatic rings. The van der Waals surface area contributed by atoms with Crippen molar-refractivity contribution in [2.24, 2.45) is 5.92 Å². The molecule has 1 aliphatic heterocycles. The minimum atomic E-state index is -1.01. The average Bonchev–Trinajstić information content (AvgIpc) is 2.39. The van der Waals surface area contributed by atoms with E-state index in [1.807, 2.05) is 0 Å². The lowest BCUT2D eigenvalue weighted by Crippen LogP contribution is -2.43. The van der Waals surface area contributed by atoms with E-state index in [-0.39, 0.29) is 31.1 Å². The highest BCUT2D eigenvalue weighted by molar-refractivity contribution is 5.70. The lowest BCUT2D eigenvalue weighted by atomic mass is 9.91. The molecule has 2 atom stereocenters. The lowest BCUT2D eigenvalue weighted by molar-refractivity contribution is -0.385. The molecule has 1 aliphatic rings. The minimum Gasteiger partial charge on any atom is -0.481 e. The topological polar surface area (TPSA) is 83.7 Å². The molecule has 0 aromatic heterocycles. The number of hydrogen-bond acceptors (Lipinski definition) is 4. The van der Waals surface area contributed by atoms with Gasteiger partial charge >= 0.3 is 5.97 Å². The van der Waals surface area contributed by atoms with E-state index in [2.05, 4.69) is 0 Å². The Morgan fingerprint density at radius 3 is 2.43 bits per heavy atom. The minimum absolute atomic E-state index is 0.184. The molecule has 0 amide bonds. The van der Waals surface area contributed by atoms with Gasteiger partial charge in [0.05, 0.1) is 23.0 Å². The molecule has 0 bridgehead atoms. The van der Waals surface area contributed by atoms with Crippen molar-refractivity contribution in [1.29, 1.82) is 0 Å². The van der Waals surface area contributed by atoms with Gasteiger partial charge in [-0.05, 0) is 19.8 Å². The SMILES string of the molecule is CC1CC(C(=O)O)CCN1c1c(F)cc([N+](=O)[O-])cc1F. The van der Waals surface area contributed by atoms with E-state index >= 15 is 0 Å². The van der Waals surface area contributed by atoms with Gasteiger partial charge in [-0.2, -0.15) is 0 Å². The second-order valence-corrected chi connectivity index (χ2v) is 5.12. The number of aliphatic carboxylic acids is 1. The lowest BCUT2D eigenvalue weighted by Gasteiger charge is -2.38. The third kappa shape index (κ3) is 2.93. The Labute approximate surface area is 119 Å². The van der Waals surface area contributed by atoms with Crippen LogP contribution < -0.4 is 4.90 Å². The van der Waals surface area contributed by atoms with E-state index in [4.69, 9.17) is 5.11 Å². The van der Waals surface area contributed by atoms with Gasteiger partial charge in [-0.3, -0.25) is 14.9 Å². The first-order valence-corrected chi connectivity index (χ1v) is 6.44. The van der Waals surface area contributed by atoms with Crippen LogP contribution in [-0.4, -0.2) is 28.6 Å². The number of halogens is 2. The molecule has 0 radical (unpaired) electrons. The Hall–Kier alpha value is -2.25. The summed E-state index contributed by atoms with van der Waals surface area (Å²) >= 11 is 0. The number of nitro benzene ring substituents is 1. The third-order valence-corrected chi connectivity index (χ3v) is 3.73. The summed E-state index contributed by atoms with van der Waals surface area (Å²) in [4.78, 5) is 22.1. The second kappa shape index (κ2) is 5.63. The molecule has 2 rings (SSSR count). The molecule has 1 aromatic carbocycles. The van der Waals surface area contributed by atoms with Crippen molar-refractivity contribution < 1.29 is 23.6 Å². The number of anilines is 1. The number of carbonyl (C=O) groups is 1. The Bertz CT molecular complexity index is 571. The largest absolute Gasteiger partial charge is 0.481 e. The summed E-state index contributed by atoms with van der Waals surface area (Å²) in [5, 5.41) is 19.5. The Balaban J connectivity index is 2.31. The highest BCUT2D eigenvalue weighted by Gasteiger charge is 2.33. The number of non-ortho nitro benzene ring substituents is 1. The van der Waals surface area contributed by atoms with Crippen molar-refractivity contribution in [2.75, 3.05) is 11.4 Å². The number of benzene rings is 1. The molecule has 2 unspecified atom stereocenters. The zero-order valence-electron chi connectivity index (χ0n) is 11.3. The summed E-state index contributed by atoms with van der Waals surface area (Å²) in [6, 6.07) is 0.980. The zero-order chi connectivity index (χ0) is 15.7. The fraction of sp³-hybridized carbons (Fsp3) is 0.462. The van der Waals surface area contributed by atoms with Gasteiger partial charge in [-0.15, -0.1) is 0 Å². The van der Waals surface area contributed by atoms with Crippen molar-refractivity contribution in [1.82, 2.24) is 0 Å². The molecule has 0 saturated carbocycles. The van der Waals surface area contributed by atoms with Crippen LogP contribution in [0.1, 0.15) is 19.8 Å². The fourth-order valence-electron chi connectivity index (χ4n) is 2.66. The van der Waals surface area contributed by atoms with Gasteiger partial charge in [-0.1, -0.05) is 0 Å². The van der Waals surface area contributed by atoms with Crippen LogP contribution in [0.4, 0.5) is 20.2 Å². The summed E-state index contributed by atoms with van der Waals surface area (Å²) in [6.07, 6.45) is 0.542. The van der Waals surface area contributed by atoms with Gasteiger partial charge in [0.1, 0.15) is 5.69 Å². The Morgan fingerprint density at radius 2 is 2.00 bits per heavy atom. The van der Waals surface area contributed by atoms with Gasteiger partial charge < -0.3 is 10.0 Å². The number of hydrogen-bond donors (Lipinski definition) is 1. The predicted octanol–water partition coefficient (Wildman–Crippen LogP) is 2.56. The molecule has 1 N–H and O–H groups in total. The smallest absolute Gasteiger partial charge is 0.306 e. The first kappa shape index (κ1) is 15.1. The van der Waals surface area contributed by atoms with E-state index in [9.17, 15) is 23.7 Å². The Kier molecular flexibility index (Phi) is 4.06. The summed E-state index contributed by atoms with van der Waals surface area (Å²) < 4.78 is 28.0. The molecular weight excluding hydrogens is 286 g/mol. The highest BCUT2D eigenvalue weighted by atomic mass is 19.1. The van der Waals surface area contributed by atoms with Crippen LogP contribution in [-0.2, 0) is 4.79 Å². The van der Waals surface area contributed by atoms with E-state index in [0.717, 1.165) is 0 Å². The first-order valence-electron chi connectivity index (χ1n) is 6.44. The van der Waals surface area contributed by atoms with Crippen LogP contribution >= 0.6 is 0 Å². The summed E-state index contributed by atoms with van der Waals surface area (Å²) in [5.41, 5.74) is -0.987. The summed E-state index contributed by atoms with van der Waals surface area (Å²) in [7, 11) is 0. The van der Waals surface area contributed by atoms with Crippen molar-refractivity contribution >= 4 is 17.3 Å². The van der Waals surface area contributed by atoms with Crippen LogP contribution in [0.2, 0.25) is 0 Å². The third-order valence-electron chi connectivity index (χ3n) is 3.73. The van der Waals surface area contributed by atoms with Crippen molar-refractivity contribution in [3.8, 4) is 0 Å². The van der Waals surface area contributed by atoms with E-state index in [1.54, 1.807) is 6.92 Å². The van der Waals surface area contributed by atoms with Crippen molar-refractivity contribution in [3.05, 3.63) is 33.9 Å². The zero-order valence-corrected chi connectivity index (χ0v) is 11.3. The number of rotatable bonds is 3. The highest BCUT2D eigenvalue weighted by Crippen LogP contribution is 2.34. The molecule has 6 nitrogen and oxygen atoms in total. The van der Waals surface area contributed by atoms with E-state index < -0.39 is 34.1 Å². The number of piperidine rings is 1. The maximum Gasteiger partial charge on any atom is 0.306 e.